The maximum atomic E-state index is 13.2. The summed E-state index contributed by atoms with van der Waals surface area (Å²) in [7, 11) is 0. The molecule has 3 nitrogen and oxygen atoms in total. The van der Waals surface area contributed by atoms with E-state index >= 15 is 0 Å². The van der Waals surface area contributed by atoms with Crippen LogP contribution in [0.1, 0.15) is 36.3 Å². The summed E-state index contributed by atoms with van der Waals surface area (Å²) in [4.78, 5) is 0. The Balaban J connectivity index is 2.32. The normalized spacial score (nSPS) is 12.7. The average molecular weight is 248 g/mol. The second-order valence-corrected chi connectivity index (χ2v) is 4.39. The number of aliphatic hydroxyl groups excluding tert-OH is 1. The van der Waals surface area contributed by atoms with Crippen molar-refractivity contribution in [2.45, 2.75) is 32.9 Å². The molecule has 0 aliphatic carbocycles. The Labute approximate surface area is 106 Å². The molecule has 0 spiro atoms. The van der Waals surface area contributed by atoms with Crippen molar-refractivity contribution in [3.8, 4) is 0 Å². The number of benzene rings is 1. The van der Waals surface area contributed by atoms with Gasteiger partial charge in [0.2, 0.25) is 0 Å². The molecular weight excluding hydrogens is 231 g/mol. The van der Waals surface area contributed by atoms with Crippen LogP contribution < -0.4 is 0 Å². The first-order chi connectivity index (χ1) is 8.63. The van der Waals surface area contributed by atoms with Gasteiger partial charge in [-0.15, -0.1) is 0 Å². The lowest BCUT2D eigenvalue weighted by Crippen LogP contribution is -2.10. The number of nitrogens with zero attached hydrogens (tertiary/aromatic N) is 2. The zero-order chi connectivity index (χ0) is 13.1. The van der Waals surface area contributed by atoms with Gasteiger partial charge >= 0.3 is 0 Å². The molecule has 1 heterocycles. The van der Waals surface area contributed by atoms with Gasteiger partial charge in [0.05, 0.1) is 5.69 Å². The van der Waals surface area contributed by atoms with E-state index in [4.69, 9.17) is 0 Å². The Hall–Kier alpha value is -1.68. The summed E-state index contributed by atoms with van der Waals surface area (Å²) in [5.41, 5.74) is 1.96. The predicted molar refractivity (Wildman–Crippen MR) is 67.7 cm³/mol. The van der Waals surface area contributed by atoms with E-state index in [0.29, 0.717) is 11.1 Å². The summed E-state index contributed by atoms with van der Waals surface area (Å²) >= 11 is 0. The molecular formula is C14H17FN2O. The number of hydrogen-bond donors (Lipinski definition) is 1. The van der Waals surface area contributed by atoms with Crippen molar-refractivity contribution in [2.75, 3.05) is 0 Å². The van der Waals surface area contributed by atoms with Crippen LogP contribution in [0.15, 0.2) is 30.5 Å². The molecule has 1 N–H and O–H groups in total. The molecule has 0 saturated heterocycles. The van der Waals surface area contributed by atoms with Crippen molar-refractivity contribution in [1.29, 1.82) is 0 Å². The number of halogens is 1. The second kappa shape index (κ2) is 5.31. The minimum Gasteiger partial charge on any atom is -0.382 e. The number of aryl methyl sites for hydroxylation is 2. The maximum absolute atomic E-state index is 13.2. The fourth-order valence-electron chi connectivity index (χ4n) is 1.98. The van der Waals surface area contributed by atoms with Crippen LogP contribution in [-0.2, 0) is 6.54 Å². The predicted octanol–water partition coefficient (Wildman–Crippen LogP) is 2.82. The lowest BCUT2D eigenvalue weighted by molar-refractivity contribution is 0.207. The van der Waals surface area contributed by atoms with Crippen molar-refractivity contribution in [2.24, 2.45) is 0 Å². The molecule has 0 aliphatic heterocycles. The maximum Gasteiger partial charge on any atom is 0.126 e. The molecule has 2 rings (SSSR count). The molecule has 0 aliphatic rings. The largest absolute Gasteiger partial charge is 0.382 e. The Bertz CT molecular complexity index is 536. The molecule has 0 radical (unpaired) electrons. The monoisotopic (exact) mass is 248 g/mol. The Morgan fingerprint density at radius 3 is 2.83 bits per heavy atom. The van der Waals surface area contributed by atoms with E-state index in [1.807, 2.05) is 0 Å². The molecule has 1 atom stereocenters. The number of aromatic nitrogens is 2. The molecule has 0 fully saturated rings. The fraction of sp³-hybridized carbons (Fsp3) is 0.357. The molecule has 0 bridgehead atoms. The van der Waals surface area contributed by atoms with Crippen LogP contribution in [0, 0.1) is 12.7 Å². The average Bonchev–Trinajstić information content (AvgIpc) is 2.80. The zero-order valence-corrected chi connectivity index (χ0v) is 10.6. The van der Waals surface area contributed by atoms with Gasteiger partial charge in [0.15, 0.2) is 0 Å². The molecule has 0 saturated carbocycles. The quantitative estimate of drug-likeness (QED) is 0.903. The smallest absolute Gasteiger partial charge is 0.126 e. The fourth-order valence-corrected chi connectivity index (χ4v) is 1.98. The van der Waals surface area contributed by atoms with Gasteiger partial charge in [0.1, 0.15) is 11.9 Å². The summed E-state index contributed by atoms with van der Waals surface area (Å²) in [5, 5.41) is 14.5. The minimum absolute atomic E-state index is 0.256. The summed E-state index contributed by atoms with van der Waals surface area (Å²) < 4.78 is 15.0. The molecule has 4 heteroatoms. The number of hydrogen-bond acceptors (Lipinski definition) is 2. The third-order valence-corrected chi connectivity index (χ3v) is 2.96. The van der Waals surface area contributed by atoms with Crippen LogP contribution in [0.2, 0.25) is 0 Å². The first kappa shape index (κ1) is 12.8. The summed E-state index contributed by atoms with van der Waals surface area (Å²) in [6.45, 7) is 4.51. The van der Waals surface area contributed by atoms with Crippen molar-refractivity contribution >= 4 is 0 Å². The van der Waals surface area contributed by atoms with E-state index in [9.17, 15) is 9.50 Å². The minimum atomic E-state index is -0.765. The molecule has 1 aromatic heterocycles. The van der Waals surface area contributed by atoms with Crippen LogP contribution in [0.3, 0.4) is 0 Å². The summed E-state index contributed by atoms with van der Waals surface area (Å²) in [5.74, 6) is -0.256. The van der Waals surface area contributed by atoms with Crippen LogP contribution in [-0.4, -0.2) is 14.9 Å². The lowest BCUT2D eigenvalue weighted by Gasteiger charge is -2.14. The standard InChI is InChI=1S/C14H17FN2O/c1-3-8-17-13(6-7-16-17)14(18)11-4-5-12(15)10(2)9-11/h4-7,9,14,18H,3,8H2,1-2H3. The van der Waals surface area contributed by atoms with Gasteiger partial charge in [0, 0.05) is 12.7 Å². The van der Waals surface area contributed by atoms with Gasteiger partial charge in [-0.05, 0) is 36.6 Å². The van der Waals surface area contributed by atoms with Gasteiger partial charge < -0.3 is 5.11 Å². The first-order valence-electron chi connectivity index (χ1n) is 6.09. The van der Waals surface area contributed by atoms with Gasteiger partial charge in [-0.1, -0.05) is 19.1 Å². The van der Waals surface area contributed by atoms with Gasteiger partial charge in [-0.3, -0.25) is 4.68 Å². The highest BCUT2D eigenvalue weighted by Gasteiger charge is 2.15. The van der Waals surface area contributed by atoms with E-state index in [1.54, 1.807) is 36.0 Å². The van der Waals surface area contributed by atoms with Crippen LogP contribution in [0.5, 0.6) is 0 Å². The van der Waals surface area contributed by atoms with Crippen molar-refractivity contribution in [3.05, 3.63) is 53.1 Å². The topological polar surface area (TPSA) is 38.0 Å². The van der Waals surface area contributed by atoms with Gasteiger partial charge in [0.25, 0.3) is 0 Å². The van der Waals surface area contributed by atoms with E-state index in [1.165, 1.54) is 6.07 Å². The Morgan fingerprint density at radius 1 is 1.39 bits per heavy atom. The van der Waals surface area contributed by atoms with E-state index in [2.05, 4.69) is 12.0 Å². The van der Waals surface area contributed by atoms with Crippen molar-refractivity contribution < 1.29 is 9.50 Å². The Morgan fingerprint density at radius 2 is 2.17 bits per heavy atom. The summed E-state index contributed by atoms with van der Waals surface area (Å²) in [6, 6.07) is 6.45. The van der Waals surface area contributed by atoms with Crippen molar-refractivity contribution in [1.82, 2.24) is 9.78 Å². The number of rotatable bonds is 4. The highest BCUT2D eigenvalue weighted by molar-refractivity contribution is 5.30. The van der Waals surface area contributed by atoms with Crippen LogP contribution in [0.4, 0.5) is 4.39 Å². The third kappa shape index (κ3) is 2.43. The SMILES string of the molecule is CCCn1nccc1C(O)c1ccc(F)c(C)c1. The van der Waals surface area contributed by atoms with Crippen LogP contribution in [0.25, 0.3) is 0 Å². The lowest BCUT2D eigenvalue weighted by atomic mass is 10.0. The molecule has 2 aromatic rings. The van der Waals surface area contributed by atoms with Crippen molar-refractivity contribution in [3.63, 3.8) is 0 Å². The second-order valence-electron chi connectivity index (χ2n) is 4.39. The molecule has 0 amide bonds. The third-order valence-electron chi connectivity index (χ3n) is 2.96. The number of aliphatic hydroxyl groups is 1. The van der Waals surface area contributed by atoms with Gasteiger partial charge in [-0.2, -0.15) is 5.10 Å². The molecule has 96 valence electrons. The van der Waals surface area contributed by atoms with E-state index < -0.39 is 6.10 Å². The summed E-state index contributed by atoms with van der Waals surface area (Å²) in [6.07, 6.45) is 1.85. The van der Waals surface area contributed by atoms with Crippen LogP contribution >= 0.6 is 0 Å². The van der Waals surface area contributed by atoms with E-state index in [0.717, 1.165) is 18.7 Å². The Kier molecular flexibility index (Phi) is 3.77. The molecule has 1 unspecified atom stereocenters. The zero-order valence-electron chi connectivity index (χ0n) is 10.6. The highest BCUT2D eigenvalue weighted by Crippen LogP contribution is 2.23. The first-order valence-corrected chi connectivity index (χ1v) is 6.09. The van der Waals surface area contributed by atoms with Gasteiger partial charge in [-0.25, -0.2) is 4.39 Å². The highest BCUT2D eigenvalue weighted by atomic mass is 19.1. The molecule has 18 heavy (non-hydrogen) atoms. The molecule has 1 aromatic carbocycles. The van der Waals surface area contributed by atoms with E-state index in [-0.39, 0.29) is 5.82 Å².